The summed E-state index contributed by atoms with van der Waals surface area (Å²) in [6, 6.07) is 11.2. The monoisotopic (exact) mass is 549 g/mol. The number of nitrogens with zero attached hydrogens (tertiary/aromatic N) is 5. The molecule has 2 aliphatic heterocycles. The Morgan fingerprint density at radius 2 is 1.85 bits per heavy atom. The minimum atomic E-state index is -0.561. The molecule has 6 rings (SSSR count). The van der Waals surface area contributed by atoms with Crippen LogP contribution in [0.4, 0.5) is 15.0 Å². The van der Waals surface area contributed by atoms with E-state index in [0.29, 0.717) is 48.0 Å². The van der Waals surface area contributed by atoms with Crippen molar-refractivity contribution in [3.05, 3.63) is 53.4 Å². The Labute approximate surface area is 230 Å². The van der Waals surface area contributed by atoms with Gasteiger partial charge in [-0.1, -0.05) is 41.9 Å². The molecule has 0 unspecified atom stereocenters. The van der Waals surface area contributed by atoms with Gasteiger partial charge in [0.1, 0.15) is 22.6 Å². The number of ether oxygens (including phenoxy) is 2. The van der Waals surface area contributed by atoms with Gasteiger partial charge in [-0.05, 0) is 38.6 Å². The van der Waals surface area contributed by atoms with E-state index in [1.54, 1.807) is 23.2 Å². The summed E-state index contributed by atoms with van der Waals surface area (Å²) in [6.45, 7) is 8.18. The van der Waals surface area contributed by atoms with Gasteiger partial charge in [-0.3, -0.25) is 4.98 Å². The third-order valence-corrected chi connectivity index (χ3v) is 7.69. The zero-order valence-corrected chi connectivity index (χ0v) is 23.0. The first-order valence-corrected chi connectivity index (χ1v) is 13.3. The van der Waals surface area contributed by atoms with E-state index in [4.69, 9.17) is 21.1 Å². The second-order valence-corrected chi connectivity index (χ2v) is 11.8. The number of carbonyl (C=O) groups is 1. The molecule has 8 nitrogen and oxygen atoms in total. The summed E-state index contributed by atoms with van der Waals surface area (Å²) >= 11 is 6.51. The number of anilines is 1. The summed E-state index contributed by atoms with van der Waals surface area (Å²) in [7, 11) is 1.46. The highest BCUT2D eigenvalue weighted by Crippen LogP contribution is 2.44. The van der Waals surface area contributed by atoms with Crippen molar-refractivity contribution in [1.29, 1.82) is 0 Å². The molecule has 10 heteroatoms. The quantitative estimate of drug-likeness (QED) is 0.306. The Kier molecular flexibility index (Phi) is 6.02. The van der Waals surface area contributed by atoms with E-state index in [2.05, 4.69) is 19.9 Å². The van der Waals surface area contributed by atoms with Crippen molar-refractivity contribution in [2.24, 2.45) is 5.41 Å². The van der Waals surface area contributed by atoms with Crippen LogP contribution in [0.25, 0.3) is 32.9 Å². The normalized spacial score (nSPS) is 16.7. The molecule has 202 valence electrons. The predicted molar refractivity (Wildman–Crippen MR) is 149 cm³/mol. The van der Waals surface area contributed by atoms with Crippen molar-refractivity contribution < 1.29 is 18.7 Å². The van der Waals surface area contributed by atoms with Gasteiger partial charge in [0.25, 0.3) is 0 Å². The van der Waals surface area contributed by atoms with E-state index in [9.17, 15) is 4.79 Å². The molecule has 39 heavy (non-hydrogen) atoms. The zero-order valence-electron chi connectivity index (χ0n) is 22.3. The number of rotatable bonds is 3. The van der Waals surface area contributed by atoms with Gasteiger partial charge in [-0.2, -0.15) is 9.97 Å². The molecule has 0 saturated carbocycles. The van der Waals surface area contributed by atoms with Crippen molar-refractivity contribution in [2.45, 2.75) is 32.8 Å². The lowest BCUT2D eigenvalue weighted by molar-refractivity contribution is 0.0265. The van der Waals surface area contributed by atoms with E-state index in [1.165, 1.54) is 7.11 Å². The number of benzene rings is 2. The first kappa shape index (κ1) is 25.6. The lowest BCUT2D eigenvalue weighted by atomic mass is 9.79. The van der Waals surface area contributed by atoms with Crippen LogP contribution < -0.4 is 9.64 Å². The molecule has 0 N–H and O–H groups in total. The molecule has 0 bridgehead atoms. The Bertz CT molecular complexity index is 1610. The lowest BCUT2D eigenvalue weighted by Gasteiger charge is -2.48. The lowest BCUT2D eigenvalue weighted by Crippen LogP contribution is -2.58. The third-order valence-electron chi connectivity index (χ3n) is 7.38. The molecule has 1 spiro atoms. The predicted octanol–water partition coefficient (Wildman–Crippen LogP) is 6.09. The molecule has 2 fully saturated rings. The topological polar surface area (TPSA) is 80.7 Å². The van der Waals surface area contributed by atoms with Gasteiger partial charge >= 0.3 is 12.1 Å². The van der Waals surface area contributed by atoms with Crippen molar-refractivity contribution in [1.82, 2.24) is 19.9 Å². The number of amides is 1. The molecule has 4 heterocycles. The number of carbonyl (C=O) groups excluding carboxylic acids is 1. The van der Waals surface area contributed by atoms with E-state index >= 15 is 4.39 Å². The SMILES string of the molecule is COc1nc(N2CC3(CCN(C(=O)OC(C)(C)C)C3)C2)c2cnc(-c3cccc4cccc(Cl)c34)c(F)c2n1. The van der Waals surface area contributed by atoms with Crippen LogP contribution >= 0.6 is 11.6 Å². The largest absolute Gasteiger partial charge is 0.467 e. The fourth-order valence-corrected chi connectivity index (χ4v) is 5.91. The van der Waals surface area contributed by atoms with Crippen LogP contribution in [0.15, 0.2) is 42.6 Å². The van der Waals surface area contributed by atoms with Crippen molar-refractivity contribution in [3.63, 3.8) is 0 Å². The second-order valence-electron chi connectivity index (χ2n) is 11.4. The number of hydrogen-bond donors (Lipinski definition) is 0. The third kappa shape index (κ3) is 4.48. The van der Waals surface area contributed by atoms with Gasteiger partial charge in [0, 0.05) is 53.8 Å². The summed E-state index contributed by atoms with van der Waals surface area (Å²) in [5, 5.41) is 2.65. The van der Waals surface area contributed by atoms with E-state index in [-0.39, 0.29) is 28.7 Å². The highest BCUT2D eigenvalue weighted by Gasteiger charge is 2.50. The van der Waals surface area contributed by atoms with Crippen LogP contribution in [0.2, 0.25) is 5.02 Å². The summed E-state index contributed by atoms with van der Waals surface area (Å²) in [5.74, 6) is 0.00108. The second kappa shape index (κ2) is 9.19. The molecular weight excluding hydrogens is 521 g/mol. The molecule has 2 aromatic carbocycles. The molecular formula is C29H29ClFN5O3. The fourth-order valence-electron chi connectivity index (χ4n) is 5.62. The van der Waals surface area contributed by atoms with Crippen molar-refractivity contribution in [3.8, 4) is 17.3 Å². The Balaban J connectivity index is 1.33. The molecule has 2 aromatic heterocycles. The smallest absolute Gasteiger partial charge is 0.410 e. The number of halogens is 2. The van der Waals surface area contributed by atoms with E-state index in [1.807, 2.05) is 45.0 Å². The number of fused-ring (bicyclic) bond motifs is 2. The zero-order chi connectivity index (χ0) is 27.5. The maximum absolute atomic E-state index is 16.1. The highest BCUT2D eigenvalue weighted by atomic mass is 35.5. The Morgan fingerprint density at radius 3 is 2.56 bits per heavy atom. The van der Waals surface area contributed by atoms with Crippen LogP contribution in [0.1, 0.15) is 27.2 Å². The van der Waals surface area contributed by atoms with Crippen molar-refractivity contribution in [2.75, 3.05) is 38.2 Å². The minimum Gasteiger partial charge on any atom is -0.467 e. The van der Waals surface area contributed by atoms with Crippen LogP contribution in [0.5, 0.6) is 6.01 Å². The van der Waals surface area contributed by atoms with Gasteiger partial charge in [0.05, 0.1) is 12.5 Å². The maximum atomic E-state index is 16.1. The van der Waals surface area contributed by atoms with Crippen LogP contribution in [-0.4, -0.2) is 64.8 Å². The summed E-state index contributed by atoms with van der Waals surface area (Å²) in [4.78, 5) is 29.9. The first-order valence-electron chi connectivity index (χ1n) is 12.9. The summed E-state index contributed by atoms with van der Waals surface area (Å²) < 4.78 is 27.1. The highest BCUT2D eigenvalue weighted by molar-refractivity contribution is 6.36. The molecule has 2 saturated heterocycles. The van der Waals surface area contributed by atoms with Gasteiger partial charge in [0.15, 0.2) is 5.82 Å². The molecule has 1 amide bonds. The Hall–Kier alpha value is -3.72. The van der Waals surface area contributed by atoms with E-state index in [0.717, 1.165) is 17.2 Å². The molecule has 4 aromatic rings. The Morgan fingerprint density at radius 1 is 1.10 bits per heavy atom. The van der Waals surface area contributed by atoms with Gasteiger partial charge < -0.3 is 19.3 Å². The average Bonchev–Trinajstić information content (AvgIpc) is 3.33. The fraction of sp³-hybridized carbons (Fsp3) is 0.379. The molecule has 0 radical (unpaired) electrons. The molecule has 2 aliphatic rings. The first-order chi connectivity index (χ1) is 18.6. The van der Waals surface area contributed by atoms with Gasteiger partial charge in [0.2, 0.25) is 0 Å². The molecule has 0 aliphatic carbocycles. The number of likely N-dealkylation sites (tertiary alicyclic amines) is 1. The standard InChI is InChI=1S/C29H29ClFN5O3/c1-28(2,3)39-27(37)35-12-11-29(14-35)15-36(16-29)25-19-13-32-23(22(31)24(19)33-26(34-25)38-4)18-9-5-7-17-8-6-10-20(30)21(17)18/h5-10,13H,11-12,14-16H2,1-4H3. The summed E-state index contributed by atoms with van der Waals surface area (Å²) in [5.41, 5.74) is 0.285. The number of hydrogen-bond acceptors (Lipinski definition) is 7. The maximum Gasteiger partial charge on any atom is 0.410 e. The van der Waals surface area contributed by atoms with Crippen LogP contribution in [0.3, 0.4) is 0 Å². The van der Waals surface area contributed by atoms with E-state index < -0.39 is 11.4 Å². The average molecular weight is 550 g/mol. The van der Waals surface area contributed by atoms with Crippen LogP contribution in [-0.2, 0) is 4.74 Å². The molecule has 0 atom stereocenters. The number of methoxy groups -OCH3 is 1. The minimum absolute atomic E-state index is 0.0625. The number of aromatic nitrogens is 3. The number of pyridine rings is 1. The summed E-state index contributed by atoms with van der Waals surface area (Å²) in [6.07, 6.45) is 2.19. The van der Waals surface area contributed by atoms with Gasteiger partial charge in [-0.25, -0.2) is 9.18 Å². The van der Waals surface area contributed by atoms with Gasteiger partial charge in [-0.15, -0.1) is 0 Å². The van der Waals surface area contributed by atoms with Crippen LogP contribution in [0, 0.1) is 11.2 Å². The van der Waals surface area contributed by atoms with Crippen molar-refractivity contribution >= 4 is 45.2 Å².